The zero-order chi connectivity index (χ0) is 16.2. The number of carbonyl (C=O) groups is 1. The molecule has 128 valence electrons. The van der Waals surface area contributed by atoms with Crippen molar-refractivity contribution in [2.75, 3.05) is 31.2 Å². The normalized spacial score (nSPS) is 30.4. The van der Waals surface area contributed by atoms with E-state index in [0.29, 0.717) is 18.4 Å². The van der Waals surface area contributed by atoms with E-state index in [2.05, 4.69) is 20.8 Å². The summed E-state index contributed by atoms with van der Waals surface area (Å²) in [7, 11) is 0. The van der Waals surface area contributed by atoms with Gasteiger partial charge < -0.3 is 14.7 Å². The average molecular weight is 330 g/mol. The molecule has 0 aromatic rings. The van der Waals surface area contributed by atoms with E-state index in [1.54, 1.807) is 11.8 Å². The van der Waals surface area contributed by atoms with Crippen LogP contribution in [-0.2, 0) is 9.53 Å². The molecule has 0 spiro atoms. The SMILES string of the molecule is CC(C)(C)C1CCN(C(=O)CSCC2CCCCO2)CC1O. The number of carbonyl (C=O) groups excluding carboxylic acids is 1. The molecule has 2 aliphatic rings. The molecule has 2 heterocycles. The monoisotopic (exact) mass is 329 g/mol. The van der Waals surface area contributed by atoms with Gasteiger partial charge in [-0.2, -0.15) is 0 Å². The van der Waals surface area contributed by atoms with Crippen LogP contribution in [0.15, 0.2) is 0 Å². The number of thioether (sulfide) groups is 1. The van der Waals surface area contributed by atoms with Crippen molar-refractivity contribution in [3.63, 3.8) is 0 Å². The van der Waals surface area contributed by atoms with E-state index in [-0.39, 0.29) is 17.2 Å². The number of likely N-dealkylation sites (tertiary alicyclic amines) is 1. The Morgan fingerprint density at radius 1 is 1.32 bits per heavy atom. The molecule has 2 fully saturated rings. The maximum Gasteiger partial charge on any atom is 0.232 e. The zero-order valence-corrected chi connectivity index (χ0v) is 15.0. The molecule has 2 aliphatic heterocycles. The number of ether oxygens (including phenoxy) is 1. The van der Waals surface area contributed by atoms with Gasteiger partial charge in [-0.05, 0) is 37.0 Å². The van der Waals surface area contributed by atoms with Crippen LogP contribution in [0.3, 0.4) is 0 Å². The summed E-state index contributed by atoms with van der Waals surface area (Å²) in [6, 6.07) is 0. The minimum Gasteiger partial charge on any atom is -0.391 e. The minimum atomic E-state index is -0.399. The van der Waals surface area contributed by atoms with Gasteiger partial charge >= 0.3 is 0 Å². The van der Waals surface area contributed by atoms with Crippen LogP contribution < -0.4 is 0 Å². The van der Waals surface area contributed by atoms with Crippen molar-refractivity contribution in [2.45, 2.75) is 58.7 Å². The number of nitrogens with zero attached hydrogens (tertiary/aromatic N) is 1. The first kappa shape index (κ1) is 18.1. The number of hydrogen-bond donors (Lipinski definition) is 1. The number of aliphatic hydroxyl groups is 1. The molecule has 3 unspecified atom stereocenters. The highest BCUT2D eigenvalue weighted by molar-refractivity contribution is 7.99. The van der Waals surface area contributed by atoms with Crippen LogP contribution in [0.4, 0.5) is 0 Å². The molecule has 5 heteroatoms. The maximum atomic E-state index is 12.3. The van der Waals surface area contributed by atoms with Crippen molar-refractivity contribution in [1.82, 2.24) is 4.90 Å². The molecule has 0 aromatic carbocycles. The predicted octanol–water partition coefficient (Wildman–Crippen LogP) is 2.54. The fraction of sp³-hybridized carbons (Fsp3) is 0.941. The van der Waals surface area contributed by atoms with Crippen LogP contribution in [0.2, 0.25) is 0 Å². The first-order valence-corrected chi connectivity index (χ1v) is 9.68. The van der Waals surface area contributed by atoms with Crippen molar-refractivity contribution in [2.24, 2.45) is 11.3 Å². The molecule has 4 nitrogen and oxygen atoms in total. The van der Waals surface area contributed by atoms with Crippen LogP contribution in [0.25, 0.3) is 0 Å². The van der Waals surface area contributed by atoms with E-state index in [1.807, 2.05) is 4.90 Å². The second-order valence-electron chi connectivity index (χ2n) is 7.67. The number of hydrogen-bond acceptors (Lipinski definition) is 4. The second kappa shape index (κ2) is 8.02. The summed E-state index contributed by atoms with van der Waals surface area (Å²) in [6.07, 6.45) is 4.35. The Morgan fingerprint density at radius 3 is 2.68 bits per heavy atom. The Bertz CT molecular complexity index is 363. The van der Waals surface area contributed by atoms with Crippen molar-refractivity contribution < 1.29 is 14.6 Å². The van der Waals surface area contributed by atoms with Crippen LogP contribution in [-0.4, -0.2) is 59.3 Å². The summed E-state index contributed by atoms with van der Waals surface area (Å²) < 4.78 is 5.69. The van der Waals surface area contributed by atoms with E-state index < -0.39 is 6.10 Å². The van der Waals surface area contributed by atoms with Gasteiger partial charge in [0.2, 0.25) is 5.91 Å². The molecule has 3 atom stereocenters. The number of aliphatic hydroxyl groups excluding tert-OH is 1. The minimum absolute atomic E-state index is 0.0988. The van der Waals surface area contributed by atoms with Gasteiger partial charge in [0.1, 0.15) is 0 Å². The van der Waals surface area contributed by atoms with Crippen molar-refractivity contribution in [3.8, 4) is 0 Å². The molecule has 2 saturated heterocycles. The number of piperidine rings is 1. The lowest BCUT2D eigenvalue weighted by molar-refractivity contribution is -0.134. The third-order valence-corrected chi connectivity index (χ3v) is 5.91. The summed E-state index contributed by atoms with van der Waals surface area (Å²) in [4.78, 5) is 14.1. The Balaban J connectivity index is 1.70. The van der Waals surface area contributed by atoms with E-state index in [1.165, 1.54) is 12.8 Å². The Hall–Kier alpha value is -0.260. The van der Waals surface area contributed by atoms with Gasteiger partial charge in [0.25, 0.3) is 0 Å². The molecule has 1 N–H and O–H groups in total. The first-order chi connectivity index (χ1) is 10.4. The zero-order valence-electron chi connectivity index (χ0n) is 14.2. The topological polar surface area (TPSA) is 49.8 Å². The molecule has 22 heavy (non-hydrogen) atoms. The molecule has 0 bridgehead atoms. The van der Waals surface area contributed by atoms with E-state index >= 15 is 0 Å². The van der Waals surface area contributed by atoms with Crippen molar-refractivity contribution >= 4 is 17.7 Å². The highest BCUT2D eigenvalue weighted by Crippen LogP contribution is 2.34. The summed E-state index contributed by atoms with van der Waals surface area (Å²) >= 11 is 1.67. The molecular formula is C17H31NO3S. The average Bonchev–Trinajstić information content (AvgIpc) is 2.46. The molecule has 0 aromatic heterocycles. The van der Waals surface area contributed by atoms with Crippen molar-refractivity contribution in [3.05, 3.63) is 0 Å². The number of β-amino-alcohol motifs (C(OH)–C–C–N with tert-alkyl or cyclic N) is 1. The fourth-order valence-electron chi connectivity index (χ4n) is 3.48. The quantitative estimate of drug-likeness (QED) is 0.861. The van der Waals surface area contributed by atoms with E-state index in [4.69, 9.17) is 4.74 Å². The summed E-state index contributed by atoms with van der Waals surface area (Å²) in [5.41, 5.74) is 0.0988. The standard InChI is InChI=1S/C17H31NO3S/c1-17(2,3)14-7-8-18(10-15(14)19)16(20)12-22-11-13-6-4-5-9-21-13/h13-15,19H,4-12H2,1-3H3. The lowest BCUT2D eigenvalue weighted by Gasteiger charge is -2.42. The van der Waals surface area contributed by atoms with Gasteiger partial charge in [-0.1, -0.05) is 20.8 Å². The predicted molar refractivity (Wildman–Crippen MR) is 91.1 cm³/mol. The van der Waals surface area contributed by atoms with Crippen LogP contribution in [0.5, 0.6) is 0 Å². The first-order valence-electron chi connectivity index (χ1n) is 8.53. The molecular weight excluding hydrogens is 298 g/mol. The smallest absolute Gasteiger partial charge is 0.232 e. The van der Waals surface area contributed by atoms with Crippen molar-refractivity contribution in [1.29, 1.82) is 0 Å². The molecule has 1 amide bonds. The van der Waals surface area contributed by atoms with Gasteiger partial charge in [-0.15, -0.1) is 11.8 Å². The fourth-order valence-corrected chi connectivity index (χ4v) is 4.48. The highest BCUT2D eigenvalue weighted by atomic mass is 32.2. The maximum absolute atomic E-state index is 12.3. The Morgan fingerprint density at radius 2 is 2.09 bits per heavy atom. The highest BCUT2D eigenvalue weighted by Gasteiger charge is 2.36. The summed E-state index contributed by atoms with van der Waals surface area (Å²) in [6.45, 7) is 8.63. The van der Waals surface area contributed by atoms with Crippen LogP contribution >= 0.6 is 11.8 Å². The van der Waals surface area contributed by atoms with Gasteiger partial charge in [0.15, 0.2) is 0 Å². The third kappa shape index (κ3) is 5.14. The van der Waals surface area contributed by atoms with Gasteiger partial charge in [0.05, 0.1) is 18.0 Å². The van der Waals surface area contributed by atoms with Gasteiger partial charge in [-0.25, -0.2) is 0 Å². The number of amides is 1. The van der Waals surface area contributed by atoms with E-state index in [9.17, 15) is 9.90 Å². The second-order valence-corrected chi connectivity index (χ2v) is 8.70. The van der Waals surface area contributed by atoms with Crippen LogP contribution in [0.1, 0.15) is 46.5 Å². The van der Waals surface area contributed by atoms with Crippen LogP contribution in [0, 0.1) is 11.3 Å². The molecule has 0 radical (unpaired) electrons. The Labute approximate surface area is 139 Å². The lowest BCUT2D eigenvalue weighted by atomic mass is 9.74. The van der Waals surface area contributed by atoms with E-state index in [0.717, 1.165) is 31.7 Å². The Kier molecular flexibility index (Phi) is 6.59. The van der Waals surface area contributed by atoms with Gasteiger partial charge in [0, 0.05) is 25.4 Å². The molecule has 2 rings (SSSR count). The molecule has 0 aliphatic carbocycles. The summed E-state index contributed by atoms with van der Waals surface area (Å²) in [5.74, 6) is 1.85. The largest absolute Gasteiger partial charge is 0.391 e. The number of rotatable bonds is 4. The van der Waals surface area contributed by atoms with Gasteiger partial charge in [-0.3, -0.25) is 4.79 Å². The molecule has 0 saturated carbocycles. The third-order valence-electron chi connectivity index (χ3n) is 4.85. The summed E-state index contributed by atoms with van der Waals surface area (Å²) in [5, 5.41) is 10.3. The lowest BCUT2D eigenvalue weighted by Crippen LogP contribution is -2.50.